The van der Waals surface area contributed by atoms with E-state index in [4.69, 9.17) is 0 Å². The maximum absolute atomic E-state index is 11.8. The van der Waals surface area contributed by atoms with Crippen LogP contribution in [0.25, 0.3) is 22.3 Å². The molecule has 8 heteroatoms. The summed E-state index contributed by atoms with van der Waals surface area (Å²) in [6.07, 6.45) is 2.72. The monoisotopic (exact) mass is 407 g/mol. The second-order valence-corrected chi connectivity index (χ2v) is 7.62. The Morgan fingerprint density at radius 3 is 2.86 bits per heavy atom. The number of aromatic nitrogens is 3. The molecule has 0 saturated heterocycles. The van der Waals surface area contributed by atoms with Crippen molar-refractivity contribution in [1.82, 2.24) is 19.9 Å². The van der Waals surface area contributed by atoms with Crippen LogP contribution in [0.4, 0.5) is 5.13 Å². The highest BCUT2D eigenvalue weighted by molar-refractivity contribution is 7.14. The zero-order valence-electron chi connectivity index (χ0n) is 16.1. The predicted molar refractivity (Wildman–Crippen MR) is 116 cm³/mol. The molecular weight excluding hydrogens is 386 g/mol. The molecule has 3 N–H and O–H groups in total. The Morgan fingerprint density at radius 1 is 1.31 bits per heavy atom. The molecule has 0 saturated carbocycles. The molecule has 4 aromatic rings. The Kier molecular flexibility index (Phi) is 5.18. The van der Waals surface area contributed by atoms with Gasteiger partial charge in [0.05, 0.1) is 11.4 Å². The Morgan fingerprint density at radius 2 is 2.17 bits per heavy atom. The number of aromatic amines is 1. The van der Waals surface area contributed by atoms with Gasteiger partial charge in [-0.25, -0.2) is 4.98 Å². The van der Waals surface area contributed by atoms with Gasteiger partial charge in [0.15, 0.2) is 5.13 Å². The molecule has 1 unspecified atom stereocenters. The zero-order chi connectivity index (χ0) is 20.4. The molecule has 0 bridgehead atoms. The number of H-pyrrole nitrogens is 1. The predicted octanol–water partition coefficient (Wildman–Crippen LogP) is 3.94. The third kappa shape index (κ3) is 3.66. The fourth-order valence-electron chi connectivity index (χ4n) is 3.39. The number of aldehydes is 1. The summed E-state index contributed by atoms with van der Waals surface area (Å²) in [5, 5.41) is 9.82. The first-order chi connectivity index (χ1) is 14.1. The van der Waals surface area contributed by atoms with Gasteiger partial charge in [0, 0.05) is 47.7 Å². The van der Waals surface area contributed by atoms with Crippen molar-refractivity contribution in [1.29, 1.82) is 0 Å². The maximum atomic E-state index is 11.8. The number of nitrogens with zero attached hydrogens (tertiary/aromatic N) is 2. The van der Waals surface area contributed by atoms with Crippen LogP contribution in [0.2, 0.25) is 0 Å². The second-order valence-electron chi connectivity index (χ2n) is 6.77. The number of thiazole rings is 1. The Labute approximate surface area is 171 Å². The molecule has 7 nitrogen and oxygen atoms in total. The summed E-state index contributed by atoms with van der Waals surface area (Å²) in [7, 11) is 1.87. The average Bonchev–Trinajstić information content (AvgIpc) is 3.49. The molecule has 0 aliphatic carbocycles. The Balaban J connectivity index is 0.000000150. The lowest BCUT2D eigenvalue weighted by molar-refractivity contribution is 0.0919. The minimum absolute atomic E-state index is 0.0491. The molecule has 0 radical (unpaired) electrons. The van der Waals surface area contributed by atoms with Crippen molar-refractivity contribution in [2.24, 2.45) is 0 Å². The highest BCUT2D eigenvalue weighted by Crippen LogP contribution is 2.27. The first kappa shape index (κ1) is 18.9. The third-order valence-corrected chi connectivity index (χ3v) is 5.69. The molecule has 1 aromatic carbocycles. The fraction of sp³-hybridized carbons (Fsp3) is 0.190. The van der Waals surface area contributed by atoms with Crippen LogP contribution < -0.4 is 10.6 Å². The van der Waals surface area contributed by atoms with Gasteiger partial charge in [-0.15, -0.1) is 11.3 Å². The number of fused-ring (bicyclic) bond motifs is 3. The summed E-state index contributed by atoms with van der Waals surface area (Å²) < 4.78 is 2.00. The lowest BCUT2D eigenvalue weighted by Gasteiger charge is -2.24. The highest BCUT2D eigenvalue weighted by Gasteiger charge is 2.24. The number of benzene rings is 1. The molecule has 1 aliphatic rings. The molecule has 3 aromatic heterocycles. The van der Waals surface area contributed by atoms with Gasteiger partial charge in [0.25, 0.3) is 5.91 Å². The van der Waals surface area contributed by atoms with Crippen LogP contribution in [0.5, 0.6) is 0 Å². The lowest BCUT2D eigenvalue weighted by atomic mass is 10.2. The van der Waals surface area contributed by atoms with E-state index in [2.05, 4.69) is 27.5 Å². The van der Waals surface area contributed by atoms with Crippen LogP contribution in [-0.2, 0) is 0 Å². The van der Waals surface area contributed by atoms with Crippen LogP contribution in [0, 0.1) is 0 Å². The molecule has 1 aliphatic heterocycles. The van der Waals surface area contributed by atoms with E-state index in [1.165, 1.54) is 0 Å². The van der Waals surface area contributed by atoms with Gasteiger partial charge in [0.1, 0.15) is 12.0 Å². The van der Waals surface area contributed by atoms with Crippen molar-refractivity contribution < 1.29 is 9.59 Å². The van der Waals surface area contributed by atoms with Crippen molar-refractivity contribution in [3.8, 4) is 11.4 Å². The normalized spacial score (nSPS) is 15.2. The van der Waals surface area contributed by atoms with Gasteiger partial charge in [-0.2, -0.15) is 0 Å². The topological polar surface area (TPSA) is 91.8 Å². The zero-order valence-corrected chi connectivity index (χ0v) is 16.9. The van der Waals surface area contributed by atoms with Crippen LogP contribution >= 0.6 is 11.3 Å². The number of hydrogen-bond donors (Lipinski definition) is 3. The molecule has 4 heterocycles. The van der Waals surface area contributed by atoms with E-state index in [0.717, 1.165) is 33.7 Å². The van der Waals surface area contributed by atoms with E-state index in [0.29, 0.717) is 17.8 Å². The van der Waals surface area contributed by atoms with Crippen LogP contribution in [-0.4, -0.2) is 40.3 Å². The van der Waals surface area contributed by atoms with Crippen LogP contribution in [0.1, 0.15) is 33.8 Å². The minimum atomic E-state index is -0.0491. The largest absolute Gasteiger partial charge is 0.365 e. The first-order valence-corrected chi connectivity index (χ1v) is 10.1. The summed E-state index contributed by atoms with van der Waals surface area (Å²) in [4.78, 5) is 30.0. The van der Waals surface area contributed by atoms with Crippen LogP contribution in [0.3, 0.4) is 0 Å². The quantitative estimate of drug-likeness (QED) is 0.449. The first-order valence-electron chi connectivity index (χ1n) is 9.26. The fourth-order valence-corrected chi connectivity index (χ4v) is 4.06. The second kappa shape index (κ2) is 7.92. The number of carbonyl (C=O) groups excluding carboxylic acids is 2. The number of rotatable bonds is 3. The number of carbonyl (C=O) groups is 2. The number of nitrogens with one attached hydrogen (secondary N) is 3. The van der Waals surface area contributed by atoms with Crippen molar-refractivity contribution >= 4 is 39.6 Å². The van der Waals surface area contributed by atoms with Gasteiger partial charge < -0.3 is 20.2 Å². The van der Waals surface area contributed by atoms with E-state index >= 15 is 0 Å². The van der Waals surface area contributed by atoms with Gasteiger partial charge >= 0.3 is 0 Å². The summed E-state index contributed by atoms with van der Waals surface area (Å²) in [6, 6.07) is 11.5. The number of hydrogen-bond acceptors (Lipinski definition) is 5. The summed E-state index contributed by atoms with van der Waals surface area (Å²) in [5.41, 5.74) is 4.31. The lowest BCUT2D eigenvalue weighted by Crippen LogP contribution is -2.37. The van der Waals surface area contributed by atoms with Crippen molar-refractivity contribution in [3.05, 3.63) is 59.2 Å². The molecule has 29 heavy (non-hydrogen) atoms. The molecule has 5 rings (SSSR count). The van der Waals surface area contributed by atoms with E-state index in [-0.39, 0.29) is 11.9 Å². The standard InChI is InChI=1S/C13H12N2O2.C8H9N3S/c1-8-6-14-13(17)12-5-10-3-2-9(7-16)4-11(10)15(8)12;1-9-8-11-7(5-12-8)6-3-2-4-10-6/h2-5,7-8H,6H2,1H3,(H,14,17);2-5,10H,1H3,(H,9,11). The van der Waals surface area contributed by atoms with Crippen molar-refractivity contribution in [3.63, 3.8) is 0 Å². The van der Waals surface area contributed by atoms with Gasteiger partial charge in [0.2, 0.25) is 0 Å². The van der Waals surface area contributed by atoms with E-state index in [1.54, 1.807) is 17.4 Å². The van der Waals surface area contributed by atoms with E-state index < -0.39 is 0 Å². The van der Waals surface area contributed by atoms with Crippen molar-refractivity contribution in [2.45, 2.75) is 13.0 Å². The molecule has 1 atom stereocenters. The van der Waals surface area contributed by atoms with Gasteiger partial charge in [-0.1, -0.05) is 12.1 Å². The molecular formula is C21H21N5O2S. The van der Waals surface area contributed by atoms with Gasteiger partial charge in [-0.3, -0.25) is 9.59 Å². The SMILES string of the molecule is CC1CNC(=O)c2cc3ccc(C=O)cc3n21.CNc1nc(-c2ccc[nH]2)cs1. The Bertz CT molecular complexity index is 1160. The maximum Gasteiger partial charge on any atom is 0.268 e. The highest BCUT2D eigenvalue weighted by atomic mass is 32.1. The van der Waals surface area contributed by atoms with E-state index in [9.17, 15) is 9.59 Å². The minimum Gasteiger partial charge on any atom is -0.365 e. The molecule has 148 valence electrons. The summed E-state index contributed by atoms with van der Waals surface area (Å²) in [5.74, 6) is -0.0491. The number of anilines is 1. The summed E-state index contributed by atoms with van der Waals surface area (Å²) in [6.45, 7) is 2.68. The average molecular weight is 407 g/mol. The van der Waals surface area contributed by atoms with Crippen LogP contribution in [0.15, 0.2) is 48.0 Å². The smallest absolute Gasteiger partial charge is 0.268 e. The van der Waals surface area contributed by atoms with E-state index in [1.807, 2.05) is 53.5 Å². The molecule has 0 fully saturated rings. The van der Waals surface area contributed by atoms with Gasteiger partial charge in [-0.05, 0) is 31.2 Å². The molecule has 0 spiro atoms. The molecule has 1 amide bonds. The Hall–Kier alpha value is -3.39. The van der Waals surface area contributed by atoms with Crippen molar-refractivity contribution in [2.75, 3.05) is 18.9 Å². The third-order valence-electron chi connectivity index (χ3n) is 4.83. The number of amides is 1. The summed E-state index contributed by atoms with van der Waals surface area (Å²) >= 11 is 1.61.